The number of aliphatic carboxylic acids is 2. The van der Waals surface area contributed by atoms with Crippen LogP contribution in [0.1, 0.15) is 44.9 Å². The highest BCUT2D eigenvalue weighted by Crippen LogP contribution is 2.56. The molecule has 8 nitrogen and oxygen atoms in total. The van der Waals surface area contributed by atoms with Gasteiger partial charge in [-0.3, -0.25) is 14.6 Å². The molecule has 0 aliphatic heterocycles. The van der Waals surface area contributed by atoms with Crippen molar-refractivity contribution < 1.29 is 29.3 Å². The number of aromatic nitrogens is 1. The van der Waals surface area contributed by atoms with Crippen LogP contribution in [0.5, 0.6) is 5.75 Å². The van der Waals surface area contributed by atoms with Crippen molar-refractivity contribution in [3.05, 3.63) is 57.8 Å². The Morgan fingerprint density at radius 2 is 1.80 bits per heavy atom. The summed E-state index contributed by atoms with van der Waals surface area (Å²) in [5, 5.41) is 22.9. The van der Waals surface area contributed by atoms with Crippen LogP contribution < -0.4 is 10.1 Å². The predicted octanol–water partition coefficient (Wildman–Crippen LogP) is 4.61. The number of hydrogen-bond acceptors (Lipinski definition) is 5. The fraction of sp³-hybridized carbons (Fsp3) is 0.440. The van der Waals surface area contributed by atoms with Crippen molar-refractivity contribution in [2.45, 2.75) is 52.7 Å². The molecule has 1 aliphatic carbocycles. The van der Waals surface area contributed by atoms with Crippen LogP contribution in [0, 0.1) is 16.7 Å². The smallest absolute Gasteiger partial charge is 0.326 e. The monoisotopic (exact) mass is 522 g/mol. The Morgan fingerprint density at radius 1 is 1.14 bits per heavy atom. The van der Waals surface area contributed by atoms with Gasteiger partial charge in [0.05, 0.1) is 11.6 Å². The van der Waals surface area contributed by atoms with E-state index in [1.165, 1.54) is 6.20 Å². The molecule has 3 N–H and O–H groups in total. The summed E-state index contributed by atoms with van der Waals surface area (Å²) >= 11 is 12.3. The second kappa shape index (κ2) is 10.4. The van der Waals surface area contributed by atoms with Gasteiger partial charge in [0, 0.05) is 33.6 Å². The minimum Gasteiger partial charge on any atom is -0.487 e. The topological polar surface area (TPSA) is 126 Å². The first-order chi connectivity index (χ1) is 16.4. The lowest BCUT2D eigenvalue weighted by atomic mass is 9.65. The van der Waals surface area contributed by atoms with E-state index >= 15 is 0 Å². The lowest BCUT2D eigenvalue weighted by molar-refractivity contribution is -0.155. The molecule has 1 fully saturated rings. The Kier molecular flexibility index (Phi) is 7.97. The van der Waals surface area contributed by atoms with Crippen LogP contribution in [0.4, 0.5) is 0 Å². The number of amides is 1. The molecule has 188 valence electrons. The zero-order chi connectivity index (χ0) is 26.0. The second-order valence-corrected chi connectivity index (χ2v) is 10.3. The molecule has 0 radical (unpaired) electrons. The maximum atomic E-state index is 13.0. The third-order valence-electron chi connectivity index (χ3n) is 7.29. The molecule has 10 heteroatoms. The van der Waals surface area contributed by atoms with Crippen molar-refractivity contribution in [2.75, 3.05) is 0 Å². The maximum Gasteiger partial charge on any atom is 0.326 e. The van der Waals surface area contributed by atoms with Gasteiger partial charge in [-0.25, -0.2) is 4.79 Å². The summed E-state index contributed by atoms with van der Waals surface area (Å²) in [4.78, 5) is 40.9. The van der Waals surface area contributed by atoms with Gasteiger partial charge in [-0.1, -0.05) is 43.1 Å². The molecule has 3 rings (SSSR count). The van der Waals surface area contributed by atoms with Gasteiger partial charge in [0.25, 0.3) is 0 Å². The van der Waals surface area contributed by atoms with Gasteiger partial charge in [-0.15, -0.1) is 0 Å². The van der Waals surface area contributed by atoms with E-state index < -0.39 is 40.6 Å². The highest BCUT2D eigenvalue weighted by atomic mass is 35.5. The summed E-state index contributed by atoms with van der Waals surface area (Å²) in [5.41, 5.74) is -0.822. The number of rotatable bonds is 9. The molecule has 1 heterocycles. The molecule has 0 unspecified atom stereocenters. The number of hydrogen-bond donors (Lipinski definition) is 3. The van der Waals surface area contributed by atoms with Gasteiger partial charge in [0.2, 0.25) is 5.91 Å². The number of ether oxygens (including phenoxy) is 1. The first-order valence-corrected chi connectivity index (χ1v) is 11.9. The van der Waals surface area contributed by atoms with Crippen LogP contribution in [0.3, 0.4) is 0 Å². The van der Waals surface area contributed by atoms with E-state index in [0.717, 1.165) is 0 Å². The average molecular weight is 523 g/mol. The Hall–Kier alpha value is -2.84. The van der Waals surface area contributed by atoms with E-state index in [4.69, 9.17) is 27.9 Å². The van der Waals surface area contributed by atoms with Crippen LogP contribution in [-0.2, 0) is 27.4 Å². The molecule has 35 heavy (non-hydrogen) atoms. The van der Waals surface area contributed by atoms with Crippen LogP contribution >= 0.6 is 23.2 Å². The molecule has 0 spiro atoms. The Bertz CT molecular complexity index is 1100. The number of carbonyl (C=O) groups excluding carboxylic acids is 1. The SMILES string of the molecule is CC1(C)[C@@H](C(=O)N[C@H](Cc2ccc(OCc3c(Cl)cccc3Cl)cn2)C(=O)O)CC[C@@]1(C)C(=O)O. The zero-order valence-corrected chi connectivity index (χ0v) is 21.2. The van der Waals surface area contributed by atoms with Gasteiger partial charge in [-0.2, -0.15) is 0 Å². The van der Waals surface area contributed by atoms with Crippen molar-refractivity contribution in [2.24, 2.45) is 16.7 Å². The van der Waals surface area contributed by atoms with Crippen LogP contribution in [0.2, 0.25) is 10.0 Å². The molecule has 1 aliphatic rings. The fourth-order valence-corrected chi connectivity index (χ4v) is 4.97. The number of nitrogens with zero attached hydrogens (tertiary/aromatic N) is 1. The largest absolute Gasteiger partial charge is 0.487 e. The third kappa shape index (κ3) is 5.54. The summed E-state index contributed by atoms with van der Waals surface area (Å²) in [6.45, 7) is 5.25. The summed E-state index contributed by atoms with van der Waals surface area (Å²) in [6.07, 6.45) is 2.13. The molecule has 1 amide bonds. The van der Waals surface area contributed by atoms with E-state index in [-0.39, 0.29) is 13.0 Å². The summed E-state index contributed by atoms with van der Waals surface area (Å²) in [7, 11) is 0. The summed E-state index contributed by atoms with van der Waals surface area (Å²) < 4.78 is 5.69. The lowest BCUT2D eigenvalue weighted by Gasteiger charge is -2.38. The second-order valence-electron chi connectivity index (χ2n) is 9.53. The van der Waals surface area contributed by atoms with Crippen molar-refractivity contribution in [3.8, 4) is 5.75 Å². The van der Waals surface area contributed by atoms with E-state index in [9.17, 15) is 24.6 Å². The van der Waals surface area contributed by atoms with Crippen LogP contribution in [-0.4, -0.2) is 39.1 Å². The predicted molar refractivity (Wildman–Crippen MR) is 131 cm³/mol. The third-order valence-corrected chi connectivity index (χ3v) is 7.99. The van der Waals surface area contributed by atoms with Gasteiger partial charge >= 0.3 is 11.9 Å². The summed E-state index contributed by atoms with van der Waals surface area (Å²) in [6, 6.07) is 7.21. The van der Waals surface area contributed by atoms with Crippen molar-refractivity contribution in [1.82, 2.24) is 10.3 Å². The number of carboxylic acids is 2. The number of halogens is 2. The van der Waals surface area contributed by atoms with Crippen LogP contribution in [0.25, 0.3) is 0 Å². The average Bonchev–Trinajstić information content (AvgIpc) is 3.03. The first-order valence-electron chi connectivity index (χ1n) is 11.1. The van der Waals surface area contributed by atoms with E-state index in [1.807, 2.05) is 0 Å². The standard InChI is InChI=1S/C25H28Cl2N2O6/c1-24(2)17(9-10-25(24,3)23(33)34)21(30)29-20(22(31)32)11-14-7-8-15(12-28-14)35-13-16-18(26)5-4-6-19(16)27/h4-8,12,17,20H,9-11,13H2,1-3H3,(H,29,30)(H,31,32)(H,33,34)/t17-,20-,25+/m1/s1. The van der Waals surface area contributed by atoms with Gasteiger partial charge in [0.15, 0.2) is 0 Å². The van der Waals surface area contributed by atoms with Gasteiger partial charge in [0.1, 0.15) is 18.4 Å². The number of pyridine rings is 1. The molecular weight excluding hydrogens is 495 g/mol. The summed E-state index contributed by atoms with van der Waals surface area (Å²) in [5.74, 6) is -2.81. The highest BCUT2D eigenvalue weighted by molar-refractivity contribution is 6.35. The van der Waals surface area contributed by atoms with Gasteiger partial charge < -0.3 is 20.3 Å². The number of carboxylic acid groups (broad SMARTS) is 2. The van der Waals surface area contributed by atoms with Crippen molar-refractivity contribution >= 4 is 41.0 Å². The van der Waals surface area contributed by atoms with Gasteiger partial charge in [-0.05, 0) is 49.4 Å². The van der Waals surface area contributed by atoms with Crippen molar-refractivity contribution in [3.63, 3.8) is 0 Å². The van der Waals surface area contributed by atoms with E-state index in [2.05, 4.69) is 10.3 Å². The van der Waals surface area contributed by atoms with Crippen molar-refractivity contribution in [1.29, 1.82) is 0 Å². The normalized spacial score (nSPS) is 21.8. The molecular formula is C25H28Cl2N2O6. The minimum absolute atomic E-state index is 0.0406. The molecule has 1 saturated carbocycles. The Balaban J connectivity index is 1.64. The number of carbonyl (C=O) groups is 3. The highest BCUT2D eigenvalue weighted by Gasteiger charge is 2.58. The number of benzene rings is 1. The first kappa shape index (κ1) is 26.8. The maximum absolute atomic E-state index is 13.0. The fourth-order valence-electron chi connectivity index (χ4n) is 4.47. The van der Waals surface area contributed by atoms with E-state index in [1.54, 1.807) is 51.1 Å². The van der Waals surface area contributed by atoms with E-state index in [0.29, 0.717) is 39.9 Å². The molecule has 0 saturated heterocycles. The molecule has 1 aromatic heterocycles. The quantitative estimate of drug-likeness (QED) is 0.438. The molecule has 2 aromatic rings. The molecule has 3 atom stereocenters. The Morgan fingerprint density at radius 3 is 2.31 bits per heavy atom. The Labute approximate surface area is 213 Å². The molecule has 1 aromatic carbocycles. The zero-order valence-electron chi connectivity index (χ0n) is 19.7. The minimum atomic E-state index is -1.21. The van der Waals surface area contributed by atoms with Crippen LogP contribution in [0.15, 0.2) is 36.5 Å². The lowest BCUT2D eigenvalue weighted by Crippen LogP contribution is -2.49. The number of nitrogens with one attached hydrogen (secondary N) is 1. The molecule has 0 bridgehead atoms.